The number of hydrogen-bond acceptors (Lipinski definition) is 1. The van der Waals surface area contributed by atoms with E-state index in [1.807, 2.05) is 36.4 Å². The molecule has 16 heavy (non-hydrogen) atoms. The molecule has 0 N–H and O–H groups in total. The summed E-state index contributed by atoms with van der Waals surface area (Å²) >= 11 is 0. The van der Waals surface area contributed by atoms with E-state index in [9.17, 15) is 0 Å². The van der Waals surface area contributed by atoms with Gasteiger partial charge < -0.3 is 0 Å². The highest BCUT2D eigenvalue weighted by molar-refractivity contribution is 5.78. The van der Waals surface area contributed by atoms with Gasteiger partial charge in [0.15, 0.2) is 0 Å². The van der Waals surface area contributed by atoms with Gasteiger partial charge in [-0.15, -0.1) is 0 Å². The van der Waals surface area contributed by atoms with E-state index in [4.69, 9.17) is 5.26 Å². The summed E-state index contributed by atoms with van der Waals surface area (Å²) in [5.74, 6) is 0. The lowest BCUT2D eigenvalue weighted by Crippen LogP contribution is -1.86. The van der Waals surface area contributed by atoms with Crippen molar-refractivity contribution in [1.82, 2.24) is 0 Å². The third kappa shape index (κ3) is 2.49. The van der Waals surface area contributed by atoms with Crippen molar-refractivity contribution in [3.8, 4) is 6.07 Å². The van der Waals surface area contributed by atoms with Gasteiger partial charge in [-0.3, -0.25) is 0 Å². The molecule has 1 aliphatic rings. The molecule has 2 rings (SSSR count). The molecule has 0 saturated heterocycles. The third-order valence-corrected chi connectivity index (χ3v) is 2.58. The van der Waals surface area contributed by atoms with Crippen LogP contribution in [0.5, 0.6) is 0 Å². The van der Waals surface area contributed by atoms with Gasteiger partial charge in [0.25, 0.3) is 0 Å². The second-order valence-corrected chi connectivity index (χ2v) is 3.74. The maximum Gasteiger partial charge on any atom is 0.0998 e. The lowest BCUT2D eigenvalue weighted by molar-refractivity contribution is 0.991. The van der Waals surface area contributed by atoms with Crippen LogP contribution in [0.3, 0.4) is 0 Å². The minimum Gasteiger partial charge on any atom is -0.192 e. The Labute approximate surface area is 96.0 Å². The molecule has 1 aromatic carbocycles. The Kier molecular flexibility index (Phi) is 3.35. The zero-order valence-electron chi connectivity index (χ0n) is 9.06. The molecule has 78 valence electrons. The summed E-state index contributed by atoms with van der Waals surface area (Å²) in [5.41, 5.74) is 2.95. The van der Waals surface area contributed by atoms with Gasteiger partial charge in [-0.2, -0.15) is 5.26 Å². The van der Waals surface area contributed by atoms with Crippen molar-refractivity contribution < 1.29 is 0 Å². The highest BCUT2D eigenvalue weighted by atomic mass is 14.2. The first-order valence-electron chi connectivity index (χ1n) is 5.43. The first kappa shape index (κ1) is 10.4. The van der Waals surface area contributed by atoms with E-state index in [1.54, 1.807) is 0 Å². The Morgan fingerprint density at radius 2 is 2.06 bits per heavy atom. The first-order valence-corrected chi connectivity index (χ1v) is 5.43. The van der Waals surface area contributed by atoms with Crippen molar-refractivity contribution in [2.45, 2.75) is 12.8 Å². The van der Waals surface area contributed by atoms with Crippen LogP contribution in [0.15, 0.2) is 60.2 Å². The number of allylic oxidation sites excluding steroid dienone is 6. The van der Waals surface area contributed by atoms with Gasteiger partial charge in [0.2, 0.25) is 0 Å². The molecule has 1 aliphatic carbocycles. The van der Waals surface area contributed by atoms with Crippen LogP contribution >= 0.6 is 0 Å². The van der Waals surface area contributed by atoms with Crippen LogP contribution in [-0.4, -0.2) is 0 Å². The summed E-state index contributed by atoms with van der Waals surface area (Å²) in [5, 5.41) is 9.15. The second kappa shape index (κ2) is 5.14. The van der Waals surface area contributed by atoms with Crippen LogP contribution in [0.1, 0.15) is 18.4 Å². The van der Waals surface area contributed by atoms with Crippen molar-refractivity contribution in [2.24, 2.45) is 0 Å². The molecular weight excluding hydrogens is 194 g/mol. The number of hydrogen-bond donors (Lipinski definition) is 0. The third-order valence-electron chi connectivity index (χ3n) is 2.58. The molecule has 0 unspecified atom stereocenters. The van der Waals surface area contributed by atoms with Gasteiger partial charge in [0.05, 0.1) is 11.6 Å². The number of nitriles is 1. The topological polar surface area (TPSA) is 23.8 Å². The first-order chi connectivity index (χ1) is 7.90. The Morgan fingerprint density at radius 3 is 2.69 bits per heavy atom. The zero-order valence-corrected chi connectivity index (χ0v) is 9.06. The van der Waals surface area contributed by atoms with E-state index in [-0.39, 0.29) is 0 Å². The van der Waals surface area contributed by atoms with Crippen LogP contribution in [0.4, 0.5) is 0 Å². The van der Waals surface area contributed by atoms with E-state index in [1.165, 1.54) is 5.57 Å². The maximum absolute atomic E-state index is 9.15. The van der Waals surface area contributed by atoms with Crippen molar-refractivity contribution >= 4 is 5.57 Å². The van der Waals surface area contributed by atoms with Gasteiger partial charge >= 0.3 is 0 Å². The fraction of sp³-hybridized carbons (Fsp3) is 0.133. The standard InChI is InChI=1S/C15H13N/c16-12-15(14-9-5-2-6-10-14)11-13-7-3-1-4-8-13/h1-3,5-7,9-11H,4,8H2/b15-11+. The molecule has 0 atom stereocenters. The Bertz CT molecular complexity index is 484. The van der Waals surface area contributed by atoms with E-state index in [2.05, 4.69) is 24.3 Å². The monoisotopic (exact) mass is 207 g/mol. The molecular formula is C15H13N. The minimum atomic E-state index is 0.738. The van der Waals surface area contributed by atoms with Crippen LogP contribution in [0.2, 0.25) is 0 Å². The lowest BCUT2D eigenvalue weighted by Gasteiger charge is -2.05. The quantitative estimate of drug-likeness (QED) is 0.675. The van der Waals surface area contributed by atoms with Crippen LogP contribution in [0, 0.1) is 11.3 Å². The minimum absolute atomic E-state index is 0.738. The zero-order chi connectivity index (χ0) is 11.2. The van der Waals surface area contributed by atoms with Gasteiger partial charge in [-0.05, 0) is 30.1 Å². The molecule has 0 amide bonds. The van der Waals surface area contributed by atoms with E-state index >= 15 is 0 Å². The fourth-order valence-corrected chi connectivity index (χ4v) is 1.72. The molecule has 0 bridgehead atoms. The molecule has 0 aliphatic heterocycles. The molecule has 0 aromatic heterocycles. The maximum atomic E-state index is 9.15. The van der Waals surface area contributed by atoms with Gasteiger partial charge in [-0.25, -0.2) is 0 Å². The van der Waals surface area contributed by atoms with E-state index in [0.717, 1.165) is 24.0 Å². The summed E-state index contributed by atoms with van der Waals surface area (Å²) in [6.45, 7) is 0. The molecule has 1 aromatic rings. The number of nitrogens with zero attached hydrogens (tertiary/aromatic N) is 1. The Hall–Kier alpha value is -2.07. The van der Waals surface area contributed by atoms with Crippen molar-refractivity contribution in [3.63, 3.8) is 0 Å². The summed E-state index contributed by atoms with van der Waals surface area (Å²) in [6, 6.07) is 12.1. The number of benzene rings is 1. The predicted octanol–water partition coefficient (Wildman–Crippen LogP) is 3.87. The highest BCUT2D eigenvalue weighted by Gasteiger charge is 2.02. The van der Waals surface area contributed by atoms with E-state index in [0.29, 0.717) is 0 Å². The average molecular weight is 207 g/mol. The Balaban J connectivity index is 2.30. The highest BCUT2D eigenvalue weighted by Crippen LogP contribution is 2.20. The van der Waals surface area contributed by atoms with Crippen molar-refractivity contribution in [3.05, 3.63) is 65.8 Å². The summed E-state index contributed by atoms with van der Waals surface area (Å²) in [4.78, 5) is 0. The molecule has 0 fully saturated rings. The summed E-state index contributed by atoms with van der Waals surface area (Å²) in [6.07, 6.45) is 10.3. The lowest BCUT2D eigenvalue weighted by atomic mass is 9.99. The molecule has 0 spiro atoms. The van der Waals surface area contributed by atoms with Crippen LogP contribution in [-0.2, 0) is 0 Å². The second-order valence-electron chi connectivity index (χ2n) is 3.74. The molecule has 0 radical (unpaired) electrons. The largest absolute Gasteiger partial charge is 0.192 e. The molecule has 1 nitrogen and oxygen atoms in total. The van der Waals surface area contributed by atoms with Gasteiger partial charge in [-0.1, -0.05) is 48.6 Å². The normalized spacial score (nSPS) is 15.4. The Morgan fingerprint density at radius 1 is 1.25 bits per heavy atom. The average Bonchev–Trinajstić information content (AvgIpc) is 2.38. The van der Waals surface area contributed by atoms with Crippen molar-refractivity contribution in [2.75, 3.05) is 0 Å². The smallest absolute Gasteiger partial charge is 0.0998 e. The van der Waals surface area contributed by atoms with Crippen LogP contribution in [0.25, 0.3) is 5.57 Å². The summed E-state index contributed by atoms with van der Waals surface area (Å²) in [7, 11) is 0. The summed E-state index contributed by atoms with van der Waals surface area (Å²) < 4.78 is 0. The predicted molar refractivity (Wildman–Crippen MR) is 66.5 cm³/mol. The van der Waals surface area contributed by atoms with Crippen LogP contribution < -0.4 is 0 Å². The fourth-order valence-electron chi connectivity index (χ4n) is 1.72. The number of rotatable bonds is 2. The van der Waals surface area contributed by atoms with E-state index < -0.39 is 0 Å². The molecule has 1 heteroatoms. The molecule has 0 heterocycles. The molecule has 0 saturated carbocycles. The van der Waals surface area contributed by atoms with Gasteiger partial charge in [0, 0.05) is 0 Å². The SMILES string of the molecule is N#C/C(=C\C1=CC=CCC1)c1ccccc1. The van der Waals surface area contributed by atoms with Gasteiger partial charge in [0.1, 0.15) is 0 Å². The van der Waals surface area contributed by atoms with Crippen molar-refractivity contribution in [1.29, 1.82) is 5.26 Å².